The van der Waals surface area contributed by atoms with Gasteiger partial charge in [-0.05, 0) is 66.5 Å². The molecule has 158 valence electrons. The van der Waals surface area contributed by atoms with Crippen molar-refractivity contribution < 1.29 is 14.3 Å². The molecule has 2 atom stereocenters. The fraction of sp³-hybridized carbons (Fsp3) is 0.480. The Hall–Kier alpha value is -2.37. The zero-order chi connectivity index (χ0) is 20.5. The molecule has 5 rings (SSSR count). The van der Waals surface area contributed by atoms with Crippen LogP contribution in [0.25, 0.3) is 11.1 Å². The van der Waals surface area contributed by atoms with Crippen LogP contribution in [0.3, 0.4) is 0 Å². The Morgan fingerprint density at radius 3 is 2.63 bits per heavy atom. The molecule has 3 aliphatic rings. The molecule has 2 saturated carbocycles. The van der Waals surface area contributed by atoms with E-state index in [0.717, 1.165) is 66.5 Å². The minimum Gasteiger partial charge on any atom is -0.490 e. The van der Waals surface area contributed by atoms with E-state index >= 15 is 0 Å². The van der Waals surface area contributed by atoms with Gasteiger partial charge in [0.2, 0.25) is 5.91 Å². The fourth-order valence-electron chi connectivity index (χ4n) is 4.58. The van der Waals surface area contributed by atoms with Crippen molar-refractivity contribution in [3.63, 3.8) is 0 Å². The van der Waals surface area contributed by atoms with Crippen molar-refractivity contribution >= 4 is 11.6 Å². The lowest BCUT2D eigenvalue weighted by atomic mass is 10.0. The molecule has 0 spiro atoms. The number of carbonyl (C=O) groups excluding carboxylic acids is 1. The molecule has 5 nitrogen and oxygen atoms in total. The smallest absolute Gasteiger partial charge is 0.227 e. The van der Waals surface area contributed by atoms with E-state index in [1.807, 2.05) is 24.3 Å². The minimum atomic E-state index is 0.173. The third-order valence-corrected chi connectivity index (χ3v) is 6.61. The number of benzene rings is 2. The van der Waals surface area contributed by atoms with Crippen LogP contribution in [0.4, 0.5) is 5.69 Å². The molecule has 2 aliphatic carbocycles. The van der Waals surface area contributed by atoms with Crippen molar-refractivity contribution in [2.75, 3.05) is 18.5 Å². The molecule has 2 aromatic rings. The highest BCUT2D eigenvalue weighted by Crippen LogP contribution is 2.54. The van der Waals surface area contributed by atoms with Crippen molar-refractivity contribution in [1.82, 2.24) is 0 Å². The maximum absolute atomic E-state index is 12.5. The summed E-state index contributed by atoms with van der Waals surface area (Å²) in [6, 6.07) is 14.2. The molecule has 0 radical (unpaired) electrons. The van der Waals surface area contributed by atoms with E-state index in [9.17, 15) is 4.79 Å². The van der Waals surface area contributed by atoms with Crippen LogP contribution in [0.1, 0.15) is 37.7 Å². The van der Waals surface area contributed by atoms with E-state index in [1.165, 1.54) is 12.8 Å². The molecule has 3 N–H and O–H groups in total. The van der Waals surface area contributed by atoms with E-state index < -0.39 is 0 Å². The van der Waals surface area contributed by atoms with Crippen LogP contribution in [0.15, 0.2) is 42.5 Å². The Labute approximate surface area is 177 Å². The number of amides is 1. The van der Waals surface area contributed by atoms with Crippen LogP contribution in [-0.2, 0) is 16.1 Å². The first-order chi connectivity index (χ1) is 14.7. The van der Waals surface area contributed by atoms with Gasteiger partial charge in [0.1, 0.15) is 11.9 Å². The fourth-order valence-corrected chi connectivity index (χ4v) is 4.58. The Balaban J connectivity index is 1.28. The SMILES string of the molecule is NCc1cc(-c2cccc(NC(=O)[C@H]3C[C@@H]3C3CC3)c2)ccc1OC1CCOCC1. The zero-order valence-electron chi connectivity index (χ0n) is 17.3. The van der Waals surface area contributed by atoms with Crippen LogP contribution in [-0.4, -0.2) is 25.2 Å². The van der Waals surface area contributed by atoms with Crippen molar-refractivity contribution in [2.24, 2.45) is 23.5 Å². The van der Waals surface area contributed by atoms with Gasteiger partial charge in [-0.15, -0.1) is 0 Å². The highest BCUT2D eigenvalue weighted by molar-refractivity contribution is 5.95. The van der Waals surface area contributed by atoms with Crippen molar-refractivity contribution in [2.45, 2.75) is 44.8 Å². The van der Waals surface area contributed by atoms with Crippen LogP contribution in [0.5, 0.6) is 5.75 Å². The molecule has 1 aliphatic heterocycles. The largest absolute Gasteiger partial charge is 0.490 e. The van der Waals surface area contributed by atoms with Crippen LogP contribution in [0, 0.1) is 17.8 Å². The summed E-state index contributed by atoms with van der Waals surface area (Å²) >= 11 is 0. The second-order valence-corrected chi connectivity index (χ2v) is 8.87. The van der Waals surface area contributed by atoms with Gasteiger partial charge >= 0.3 is 0 Å². The normalized spacial score (nSPS) is 23.8. The monoisotopic (exact) mass is 406 g/mol. The molecule has 30 heavy (non-hydrogen) atoms. The molecule has 3 fully saturated rings. The Bertz CT molecular complexity index is 918. The summed E-state index contributed by atoms with van der Waals surface area (Å²) in [5, 5.41) is 3.12. The lowest BCUT2D eigenvalue weighted by molar-refractivity contribution is -0.117. The second kappa shape index (κ2) is 8.40. The van der Waals surface area contributed by atoms with Gasteiger partial charge in [0.15, 0.2) is 0 Å². The van der Waals surface area contributed by atoms with E-state index in [0.29, 0.717) is 12.5 Å². The highest BCUT2D eigenvalue weighted by atomic mass is 16.5. The van der Waals surface area contributed by atoms with E-state index in [1.54, 1.807) is 0 Å². The first-order valence-corrected chi connectivity index (χ1v) is 11.2. The summed E-state index contributed by atoms with van der Waals surface area (Å²) < 4.78 is 11.6. The molecule has 1 saturated heterocycles. The van der Waals surface area contributed by atoms with Gasteiger partial charge in [-0.2, -0.15) is 0 Å². The number of ether oxygens (including phenoxy) is 2. The first kappa shape index (κ1) is 19.6. The summed E-state index contributed by atoms with van der Waals surface area (Å²) in [6.07, 6.45) is 5.69. The summed E-state index contributed by atoms with van der Waals surface area (Å²) in [5.74, 6) is 2.68. The molecular formula is C25H30N2O3. The molecule has 2 aromatic carbocycles. The third-order valence-electron chi connectivity index (χ3n) is 6.61. The second-order valence-electron chi connectivity index (χ2n) is 8.87. The number of anilines is 1. The standard InChI is InChI=1S/C25H30N2O3/c26-15-19-12-18(6-7-24(19)30-21-8-10-29-11-9-21)17-2-1-3-20(13-17)27-25(28)23-14-22(23)16-4-5-16/h1-3,6-7,12-13,16,21-23H,4-5,8-11,14-15,26H2,(H,27,28)/t22-,23+/m1/s1. The van der Waals surface area contributed by atoms with Crippen LogP contribution >= 0.6 is 0 Å². The van der Waals surface area contributed by atoms with Crippen molar-refractivity contribution in [3.8, 4) is 16.9 Å². The van der Waals surface area contributed by atoms with E-state index in [-0.39, 0.29) is 17.9 Å². The van der Waals surface area contributed by atoms with Gasteiger partial charge in [0.25, 0.3) is 0 Å². The van der Waals surface area contributed by atoms with E-state index in [2.05, 4.69) is 23.5 Å². The molecule has 1 heterocycles. The number of rotatable bonds is 7. The maximum atomic E-state index is 12.5. The number of nitrogens with one attached hydrogen (secondary N) is 1. The molecule has 1 amide bonds. The van der Waals surface area contributed by atoms with E-state index in [4.69, 9.17) is 15.2 Å². The number of hydrogen-bond acceptors (Lipinski definition) is 4. The summed E-state index contributed by atoms with van der Waals surface area (Å²) in [6.45, 7) is 1.93. The molecular weight excluding hydrogens is 376 g/mol. The number of nitrogens with two attached hydrogens (primary N) is 1. The van der Waals surface area contributed by atoms with Gasteiger partial charge in [-0.1, -0.05) is 18.2 Å². The van der Waals surface area contributed by atoms with Crippen molar-refractivity contribution in [3.05, 3.63) is 48.0 Å². The van der Waals surface area contributed by atoms with Gasteiger partial charge in [-0.25, -0.2) is 0 Å². The predicted molar refractivity (Wildman–Crippen MR) is 117 cm³/mol. The lowest BCUT2D eigenvalue weighted by Gasteiger charge is -2.24. The lowest BCUT2D eigenvalue weighted by Crippen LogP contribution is -2.26. The maximum Gasteiger partial charge on any atom is 0.227 e. The Kier molecular flexibility index (Phi) is 5.48. The van der Waals surface area contributed by atoms with Gasteiger partial charge in [-0.3, -0.25) is 4.79 Å². The quantitative estimate of drug-likeness (QED) is 0.717. The van der Waals surface area contributed by atoms with Crippen LogP contribution in [0.2, 0.25) is 0 Å². The highest BCUT2D eigenvalue weighted by Gasteiger charge is 2.51. The van der Waals surface area contributed by atoms with Crippen LogP contribution < -0.4 is 15.8 Å². The summed E-state index contributed by atoms with van der Waals surface area (Å²) in [4.78, 5) is 12.5. The zero-order valence-corrected chi connectivity index (χ0v) is 17.3. The van der Waals surface area contributed by atoms with Gasteiger partial charge in [0, 0.05) is 36.6 Å². The minimum absolute atomic E-state index is 0.173. The summed E-state index contributed by atoms with van der Waals surface area (Å²) in [5.41, 5.74) is 10.0. The van der Waals surface area contributed by atoms with Crippen molar-refractivity contribution in [1.29, 1.82) is 0 Å². The predicted octanol–water partition coefficient (Wildman–Crippen LogP) is 4.35. The molecule has 0 aromatic heterocycles. The number of carbonyl (C=O) groups is 1. The van der Waals surface area contributed by atoms with Gasteiger partial charge < -0.3 is 20.5 Å². The third kappa shape index (κ3) is 4.37. The summed E-state index contributed by atoms with van der Waals surface area (Å²) in [7, 11) is 0. The molecule has 0 unspecified atom stereocenters. The first-order valence-electron chi connectivity index (χ1n) is 11.2. The molecule has 5 heteroatoms. The molecule has 0 bridgehead atoms. The average Bonchev–Trinajstić information content (AvgIpc) is 3.68. The number of hydrogen-bond donors (Lipinski definition) is 2. The Morgan fingerprint density at radius 2 is 1.87 bits per heavy atom. The average molecular weight is 407 g/mol. The topological polar surface area (TPSA) is 73.6 Å². The Morgan fingerprint density at radius 1 is 1.07 bits per heavy atom. The van der Waals surface area contributed by atoms with Gasteiger partial charge in [0.05, 0.1) is 13.2 Å².